The third-order valence-corrected chi connectivity index (χ3v) is 4.19. The highest BCUT2D eigenvalue weighted by molar-refractivity contribution is 5.56. The van der Waals surface area contributed by atoms with Crippen molar-refractivity contribution >= 4 is 5.69 Å². The Morgan fingerprint density at radius 2 is 2.14 bits per heavy atom. The molecule has 3 rings (SSSR count). The minimum absolute atomic E-state index is 0.295. The Morgan fingerprint density at radius 3 is 2.90 bits per heavy atom. The molecule has 2 heterocycles. The van der Waals surface area contributed by atoms with Crippen molar-refractivity contribution < 1.29 is 18.6 Å². The quantitative estimate of drug-likeness (QED) is 0.733. The van der Waals surface area contributed by atoms with Gasteiger partial charge in [0.1, 0.15) is 5.69 Å². The van der Waals surface area contributed by atoms with Crippen molar-refractivity contribution in [1.29, 1.82) is 0 Å². The van der Waals surface area contributed by atoms with Gasteiger partial charge in [0, 0.05) is 26.4 Å². The molecule has 6 heteroatoms. The molecule has 116 valence electrons. The maximum absolute atomic E-state index is 11.9. The normalized spacial score (nSPS) is 24.8. The SMILES string of the molecule is COC1CN(c2cccnc2OC[C@@H]2C[C@H]2COCF)C1. The standard InChI is InChI=1S/C15H21FN2O3/c1-19-13-6-18(7-13)14-3-2-4-17-15(14)21-9-12-5-11(12)8-20-10-16/h2-4,11-13H,5-10H2,1H3/t11-,12-/m0/s1. The first-order valence-electron chi connectivity index (χ1n) is 7.31. The molecule has 21 heavy (non-hydrogen) atoms. The molecule has 2 atom stereocenters. The lowest BCUT2D eigenvalue weighted by Gasteiger charge is -2.40. The fourth-order valence-electron chi connectivity index (χ4n) is 2.62. The number of methoxy groups -OCH3 is 1. The van der Waals surface area contributed by atoms with Gasteiger partial charge in [-0.2, -0.15) is 0 Å². The Labute approximate surface area is 124 Å². The monoisotopic (exact) mass is 296 g/mol. The van der Waals surface area contributed by atoms with Crippen LogP contribution in [-0.2, 0) is 9.47 Å². The van der Waals surface area contributed by atoms with Crippen LogP contribution in [-0.4, -0.2) is 51.4 Å². The molecule has 5 nitrogen and oxygen atoms in total. The van der Waals surface area contributed by atoms with Crippen LogP contribution in [0.4, 0.5) is 10.1 Å². The number of pyridine rings is 1. The van der Waals surface area contributed by atoms with Crippen LogP contribution in [0.1, 0.15) is 6.42 Å². The molecule has 2 fully saturated rings. The third kappa shape index (κ3) is 3.44. The number of anilines is 1. The lowest BCUT2D eigenvalue weighted by molar-refractivity contribution is 0.0475. The van der Waals surface area contributed by atoms with Crippen molar-refractivity contribution in [3.63, 3.8) is 0 Å². The molecule has 1 saturated carbocycles. The largest absolute Gasteiger partial charge is 0.476 e. The molecule has 0 bridgehead atoms. The lowest BCUT2D eigenvalue weighted by Crippen LogP contribution is -2.52. The zero-order valence-electron chi connectivity index (χ0n) is 12.2. The number of nitrogens with zero attached hydrogens (tertiary/aromatic N) is 2. The van der Waals surface area contributed by atoms with E-state index in [2.05, 4.69) is 9.88 Å². The van der Waals surface area contributed by atoms with E-state index in [1.54, 1.807) is 13.3 Å². The van der Waals surface area contributed by atoms with E-state index in [1.807, 2.05) is 12.1 Å². The molecule has 0 unspecified atom stereocenters. The summed E-state index contributed by atoms with van der Waals surface area (Å²) in [6, 6.07) is 3.93. The molecule has 0 aromatic carbocycles. The van der Waals surface area contributed by atoms with Gasteiger partial charge in [0.2, 0.25) is 5.88 Å². The molecule has 0 amide bonds. The van der Waals surface area contributed by atoms with Gasteiger partial charge in [-0.25, -0.2) is 9.37 Å². The smallest absolute Gasteiger partial charge is 0.237 e. The van der Waals surface area contributed by atoms with Gasteiger partial charge in [0.05, 0.1) is 19.3 Å². The molecular formula is C15H21FN2O3. The van der Waals surface area contributed by atoms with Crippen LogP contribution in [0.3, 0.4) is 0 Å². The number of ether oxygens (including phenoxy) is 3. The molecule has 1 aliphatic heterocycles. The van der Waals surface area contributed by atoms with Crippen molar-refractivity contribution in [2.75, 3.05) is 45.2 Å². The Morgan fingerprint density at radius 1 is 1.33 bits per heavy atom. The second-order valence-electron chi connectivity index (χ2n) is 5.64. The number of halogens is 1. The molecule has 1 aromatic rings. The number of aromatic nitrogens is 1. The minimum atomic E-state index is -0.704. The number of hydrogen-bond donors (Lipinski definition) is 0. The summed E-state index contributed by atoms with van der Waals surface area (Å²) >= 11 is 0. The molecule has 0 spiro atoms. The van der Waals surface area contributed by atoms with Crippen LogP contribution >= 0.6 is 0 Å². The predicted molar refractivity (Wildman–Crippen MR) is 76.3 cm³/mol. The second kappa shape index (κ2) is 6.58. The van der Waals surface area contributed by atoms with Gasteiger partial charge in [-0.05, 0) is 30.4 Å². The van der Waals surface area contributed by atoms with Crippen molar-refractivity contribution in [1.82, 2.24) is 4.98 Å². The summed E-state index contributed by atoms with van der Waals surface area (Å²) in [5, 5.41) is 0. The highest BCUT2D eigenvalue weighted by Gasteiger charge is 2.38. The van der Waals surface area contributed by atoms with Gasteiger partial charge >= 0.3 is 0 Å². The maximum Gasteiger partial charge on any atom is 0.237 e. The van der Waals surface area contributed by atoms with E-state index in [0.29, 0.717) is 37.0 Å². The molecule has 1 aliphatic carbocycles. The Balaban J connectivity index is 1.50. The maximum atomic E-state index is 11.9. The first kappa shape index (κ1) is 14.5. The van der Waals surface area contributed by atoms with E-state index in [-0.39, 0.29) is 0 Å². The zero-order valence-corrected chi connectivity index (χ0v) is 12.2. The van der Waals surface area contributed by atoms with Gasteiger partial charge in [0.25, 0.3) is 0 Å². The molecule has 1 saturated heterocycles. The number of rotatable bonds is 8. The van der Waals surface area contributed by atoms with Crippen molar-refractivity contribution in [2.24, 2.45) is 11.8 Å². The highest BCUT2D eigenvalue weighted by atomic mass is 19.1. The molecule has 1 aromatic heterocycles. The summed E-state index contributed by atoms with van der Waals surface area (Å²) in [6.45, 7) is 2.14. The summed E-state index contributed by atoms with van der Waals surface area (Å²) in [5.74, 6) is 1.55. The van der Waals surface area contributed by atoms with E-state index >= 15 is 0 Å². The fraction of sp³-hybridized carbons (Fsp3) is 0.667. The van der Waals surface area contributed by atoms with Crippen molar-refractivity contribution in [3.8, 4) is 5.88 Å². The van der Waals surface area contributed by atoms with E-state index < -0.39 is 6.86 Å². The van der Waals surface area contributed by atoms with Crippen LogP contribution in [0, 0.1) is 11.8 Å². The topological polar surface area (TPSA) is 43.8 Å². The van der Waals surface area contributed by atoms with E-state index in [9.17, 15) is 4.39 Å². The third-order valence-electron chi connectivity index (χ3n) is 4.19. The van der Waals surface area contributed by atoms with Gasteiger partial charge in [-0.3, -0.25) is 0 Å². The summed E-state index contributed by atoms with van der Waals surface area (Å²) in [4.78, 5) is 6.52. The Hall–Kier alpha value is -1.40. The number of alkyl halides is 1. The lowest BCUT2D eigenvalue weighted by atomic mass is 10.1. The Bertz CT molecular complexity index is 468. The van der Waals surface area contributed by atoms with Gasteiger partial charge in [-0.15, -0.1) is 0 Å². The van der Waals surface area contributed by atoms with Crippen LogP contribution in [0.5, 0.6) is 5.88 Å². The van der Waals surface area contributed by atoms with Crippen molar-refractivity contribution in [3.05, 3.63) is 18.3 Å². The van der Waals surface area contributed by atoms with Crippen LogP contribution in [0.15, 0.2) is 18.3 Å². The predicted octanol–water partition coefficient (Wildman–Crippen LogP) is 1.88. The second-order valence-corrected chi connectivity index (χ2v) is 5.64. The van der Waals surface area contributed by atoms with Gasteiger partial charge in [0.15, 0.2) is 6.86 Å². The first-order valence-corrected chi connectivity index (χ1v) is 7.31. The van der Waals surface area contributed by atoms with Crippen LogP contribution < -0.4 is 9.64 Å². The molecule has 2 aliphatic rings. The average molecular weight is 296 g/mol. The Kier molecular flexibility index (Phi) is 4.55. The zero-order chi connectivity index (χ0) is 14.7. The van der Waals surface area contributed by atoms with Gasteiger partial charge < -0.3 is 19.1 Å². The minimum Gasteiger partial charge on any atom is -0.476 e. The van der Waals surface area contributed by atoms with E-state index in [4.69, 9.17) is 14.2 Å². The summed E-state index contributed by atoms with van der Waals surface area (Å²) in [5.41, 5.74) is 1.02. The van der Waals surface area contributed by atoms with Crippen LogP contribution in [0.2, 0.25) is 0 Å². The highest BCUT2D eigenvalue weighted by Crippen LogP contribution is 2.39. The number of hydrogen-bond acceptors (Lipinski definition) is 5. The van der Waals surface area contributed by atoms with Gasteiger partial charge in [-0.1, -0.05) is 0 Å². The molecule has 0 radical (unpaired) electrons. The fourth-order valence-corrected chi connectivity index (χ4v) is 2.62. The average Bonchev–Trinajstić information content (AvgIpc) is 3.21. The van der Waals surface area contributed by atoms with E-state index in [0.717, 1.165) is 25.2 Å². The molecule has 0 N–H and O–H groups in total. The van der Waals surface area contributed by atoms with E-state index in [1.165, 1.54) is 0 Å². The van der Waals surface area contributed by atoms with Crippen LogP contribution in [0.25, 0.3) is 0 Å². The summed E-state index contributed by atoms with van der Waals surface area (Å²) in [7, 11) is 1.73. The first-order chi connectivity index (χ1) is 10.3. The molecular weight excluding hydrogens is 275 g/mol. The van der Waals surface area contributed by atoms with Crippen molar-refractivity contribution in [2.45, 2.75) is 12.5 Å². The summed E-state index contributed by atoms with van der Waals surface area (Å²) < 4.78 is 27.9. The summed E-state index contributed by atoms with van der Waals surface area (Å²) in [6.07, 6.45) is 3.07.